The van der Waals surface area contributed by atoms with Crippen molar-refractivity contribution in [3.63, 3.8) is 0 Å². The van der Waals surface area contributed by atoms with Crippen LogP contribution in [0.2, 0.25) is 0 Å². The summed E-state index contributed by atoms with van der Waals surface area (Å²) in [6, 6.07) is 12.1. The van der Waals surface area contributed by atoms with E-state index in [0.29, 0.717) is 24.0 Å². The Hall–Kier alpha value is -2.40. The largest absolute Gasteiger partial charge is 0.371 e. The van der Waals surface area contributed by atoms with Crippen LogP contribution in [-0.2, 0) is 13.1 Å². The number of H-pyrrole nitrogens is 1. The summed E-state index contributed by atoms with van der Waals surface area (Å²) in [5.41, 5.74) is 3.35. The normalized spacial score (nSPS) is 14.6. The van der Waals surface area contributed by atoms with Crippen molar-refractivity contribution in [2.45, 2.75) is 25.9 Å². The molecule has 2 N–H and O–H groups in total. The van der Waals surface area contributed by atoms with Gasteiger partial charge in [-0.25, -0.2) is 8.78 Å². The first-order chi connectivity index (χ1) is 12.2. The zero-order valence-corrected chi connectivity index (χ0v) is 14.0. The smallest absolute Gasteiger partial charge is 0.132 e. The second-order valence-corrected chi connectivity index (χ2v) is 6.53. The molecule has 1 saturated heterocycles. The van der Waals surface area contributed by atoms with Crippen molar-refractivity contribution in [3.8, 4) is 0 Å². The van der Waals surface area contributed by atoms with E-state index in [1.165, 1.54) is 12.1 Å². The fourth-order valence-electron chi connectivity index (χ4n) is 3.57. The Morgan fingerprint density at radius 2 is 1.72 bits per heavy atom. The minimum absolute atomic E-state index is 0.181. The summed E-state index contributed by atoms with van der Waals surface area (Å²) >= 11 is 0. The zero-order chi connectivity index (χ0) is 17.2. The number of rotatable bonds is 5. The highest BCUT2D eigenvalue weighted by molar-refractivity contribution is 5.80. The van der Waals surface area contributed by atoms with Gasteiger partial charge in [-0.2, -0.15) is 0 Å². The van der Waals surface area contributed by atoms with Crippen LogP contribution in [0.5, 0.6) is 0 Å². The summed E-state index contributed by atoms with van der Waals surface area (Å²) in [4.78, 5) is 5.45. The Morgan fingerprint density at radius 3 is 2.52 bits per heavy atom. The molecular weight excluding hydrogens is 320 g/mol. The van der Waals surface area contributed by atoms with Gasteiger partial charge in [-0.05, 0) is 43.2 Å². The van der Waals surface area contributed by atoms with Gasteiger partial charge >= 0.3 is 0 Å². The summed E-state index contributed by atoms with van der Waals surface area (Å²) in [7, 11) is 0. The highest BCUT2D eigenvalue weighted by Crippen LogP contribution is 2.26. The maximum absolute atomic E-state index is 14.3. The molecule has 1 aromatic heterocycles. The second-order valence-electron chi connectivity index (χ2n) is 6.53. The van der Waals surface area contributed by atoms with Gasteiger partial charge < -0.3 is 15.2 Å². The van der Waals surface area contributed by atoms with Gasteiger partial charge in [0.05, 0.1) is 0 Å². The molecule has 2 heterocycles. The predicted molar refractivity (Wildman–Crippen MR) is 96.6 cm³/mol. The maximum atomic E-state index is 14.3. The van der Waals surface area contributed by atoms with E-state index in [0.717, 1.165) is 42.8 Å². The van der Waals surface area contributed by atoms with Crippen LogP contribution in [0.3, 0.4) is 0 Å². The molecule has 130 valence electrons. The number of anilines is 1. The van der Waals surface area contributed by atoms with E-state index in [9.17, 15) is 8.78 Å². The van der Waals surface area contributed by atoms with Crippen molar-refractivity contribution in [3.05, 3.63) is 65.4 Å². The van der Waals surface area contributed by atoms with Crippen molar-refractivity contribution in [1.29, 1.82) is 0 Å². The first kappa shape index (κ1) is 16.1. The molecule has 4 rings (SSSR count). The average Bonchev–Trinajstić information content (AvgIpc) is 3.26. The van der Waals surface area contributed by atoms with E-state index in [4.69, 9.17) is 0 Å². The van der Waals surface area contributed by atoms with Crippen LogP contribution < -0.4 is 10.2 Å². The maximum Gasteiger partial charge on any atom is 0.132 e. The molecule has 3 nitrogen and oxygen atoms in total. The van der Waals surface area contributed by atoms with Crippen LogP contribution in [0.25, 0.3) is 10.9 Å². The molecule has 0 atom stereocenters. The van der Waals surface area contributed by atoms with Crippen LogP contribution in [0.1, 0.15) is 24.1 Å². The molecule has 0 radical (unpaired) electrons. The summed E-state index contributed by atoms with van der Waals surface area (Å²) in [5.74, 6) is -0.412. The van der Waals surface area contributed by atoms with Gasteiger partial charge in [0.2, 0.25) is 0 Å². The fourth-order valence-corrected chi connectivity index (χ4v) is 3.57. The number of aromatic nitrogens is 1. The predicted octanol–water partition coefficient (Wildman–Crippen LogP) is 4.34. The van der Waals surface area contributed by atoms with Crippen LogP contribution in [0.4, 0.5) is 14.5 Å². The Morgan fingerprint density at radius 1 is 0.960 bits per heavy atom. The lowest BCUT2D eigenvalue weighted by Crippen LogP contribution is -2.22. The number of aromatic amines is 1. The lowest BCUT2D eigenvalue weighted by Gasteiger charge is -2.22. The molecule has 1 fully saturated rings. The Labute approximate surface area is 145 Å². The molecule has 5 heteroatoms. The molecule has 2 aromatic carbocycles. The van der Waals surface area contributed by atoms with Gasteiger partial charge in [-0.1, -0.05) is 12.1 Å². The summed E-state index contributed by atoms with van der Waals surface area (Å²) in [6.07, 6.45) is 2.31. The molecule has 1 aliphatic heterocycles. The molecular formula is C20H21F2N3. The van der Waals surface area contributed by atoms with E-state index < -0.39 is 0 Å². The van der Waals surface area contributed by atoms with E-state index in [1.54, 1.807) is 18.2 Å². The fraction of sp³-hybridized carbons (Fsp3) is 0.300. The third kappa shape index (κ3) is 3.24. The van der Waals surface area contributed by atoms with Crippen molar-refractivity contribution in [1.82, 2.24) is 10.3 Å². The minimum Gasteiger partial charge on any atom is -0.371 e. The van der Waals surface area contributed by atoms with Gasteiger partial charge in [0.1, 0.15) is 11.6 Å². The number of nitrogens with one attached hydrogen (secondary N) is 2. The van der Waals surface area contributed by atoms with E-state index in [2.05, 4.69) is 15.2 Å². The lowest BCUT2D eigenvalue weighted by atomic mass is 10.1. The van der Waals surface area contributed by atoms with Crippen molar-refractivity contribution >= 4 is 16.6 Å². The highest BCUT2D eigenvalue weighted by atomic mass is 19.1. The molecule has 3 aromatic rings. The zero-order valence-electron chi connectivity index (χ0n) is 14.0. The first-order valence-corrected chi connectivity index (χ1v) is 8.71. The van der Waals surface area contributed by atoms with Gasteiger partial charge in [-0.3, -0.25) is 0 Å². The van der Waals surface area contributed by atoms with Crippen molar-refractivity contribution < 1.29 is 8.78 Å². The molecule has 0 spiro atoms. The second kappa shape index (κ2) is 6.84. The molecule has 1 aliphatic rings. The van der Waals surface area contributed by atoms with Crippen LogP contribution in [0.15, 0.2) is 42.5 Å². The number of fused-ring (bicyclic) bond motifs is 1. The molecule has 0 amide bonds. The molecule has 0 unspecified atom stereocenters. The Balaban J connectivity index is 1.48. The highest BCUT2D eigenvalue weighted by Gasteiger charge is 2.17. The van der Waals surface area contributed by atoms with Gasteiger partial charge in [0.15, 0.2) is 0 Å². The Kier molecular flexibility index (Phi) is 4.40. The quantitative estimate of drug-likeness (QED) is 0.723. The number of benzene rings is 2. The van der Waals surface area contributed by atoms with Crippen molar-refractivity contribution in [2.75, 3.05) is 18.0 Å². The number of hydrogen-bond acceptors (Lipinski definition) is 2. The van der Waals surface area contributed by atoms with E-state index >= 15 is 0 Å². The summed E-state index contributed by atoms with van der Waals surface area (Å²) in [6.45, 7) is 2.94. The average molecular weight is 341 g/mol. The van der Waals surface area contributed by atoms with Gasteiger partial charge in [0.25, 0.3) is 0 Å². The number of halogens is 2. The monoisotopic (exact) mass is 341 g/mol. The first-order valence-electron chi connectivity index (χ1n) is 8.71. The van der Waals surface area contributed by atoms with E-state index in [1.807, 2.05) is 12.1 Å². The summed E-state index contributed by atoms with van der Waals surface area (Å²) < 4.78 is 28.1. The summed E-state index contributed by atoms with van der Waals surface area (Å²) in [5, 5.41) is 3.87. The van der Waals surface area contributed by atoms with Crippen LogP contribution in [-0.4, -0.2) is 18.1 Å². The third-order valence-corrected chi connectivity index (χ3v) is 4.82. The molecule has 0 saturated carbocycles. The van der Waals surface area contributed by atoms with Gasteiger partial charge in [0, 0.05) is 54.0 Å². The molecule has 25 heavy (non-hydrogen) atoms. The van der Waals surface area contributed by atoms with Gasteiger partial charge in [-0.15, -0.1) is 0 Å². The van der Waals surface area contributed by atoms with E-state index in [-0.39, 0.29) is 11.6 Å². The van der Waals surface area contributed by atoms with Crippen LogP contribution in [0, 0.1) is 11.6 Å². The van der Waals surface area contributed by atoms with Crippen molar-refractivity contribution in [2.24, 2.45) is 0 Å². The SMILES string of the molecule is Fc1cccc(N2CCCC2)c1CNCc1cc2c(F)cccc2[nH]1. The van der Waals surface area contributed by atoms with Crippen LogP contribution >= 0.6 is 0 Å². The number of hydrogen-bond donors (Lipinski definition) is 2. The molecule has 0 aliphatic carbocycles. The third-order valence-electron chi connectivity index (χ3n) is 4.82. The topological polar surface area (TPSA) is 31.1 Å². The Bertz CT molecular complexity index is 882. The standard InChI is InChI=1S/C20H21F2N3/c21-17-5-3-7-19-15(17)11-14(24-19)12-23-13-16-18(22)6-4-8-20(16)25-9-1-2-10-25/h3-8,11,23-24H,1-2,9-10,12-13H2. The minimum atomic E-state index is -0.231. The number of nitrogens with zero attached hydrogens (tertiary/aromatic N) is 1. The molecule has 0 bridgehead atoms. The lowest BCUT2D eigenvalue weighted by molar-refractivity contribution is 0.585.